The van der Waals surface area contributed by atoms with Gasteiger partial charge < -0.3 is 15.4 Å². The Labute approximate surface area is 102 Å². The number of benzene rings is 1. The SMILES string of the molecule is COc1ccc(C(C)N(C)C(=O)CCN)cc1. The quantitative estimate of drug-likeness (QED) is 0.844. The first-order valence-electron chi connectivity index (χ1n) is 5.69. The van der Waals surface area contributed by atoms with E-state index in [0.29, 0.717) is 13.0 Å². The van der Waals surface area contributed by atoms with Gasteiger partial charge in [-0.15, -0.1) is 0 Å². The fourth-order valence-corrected chi connectivity index (χ4v) is 1.62. The molecule has 1 atom stereocenters. The van der Waals surface area contributed by atoms with E-state index < -0.39 is 0 Å². The van der Waals surface area contributed by atoms with Crippen LogP contribution in [-0.2, 0) is 4.79 Å². The van der Waals surface area contributed by atoms with E-state index in [2.05, 4.69) is 0 Å². The molecule has 17 heavy (non-hydrogen) atoms. The van der Waals surface area contributed by atoms with Crippen LogP contribution in [0.3, 0.4) is 0 Å². The Morgan fingerprint density at radius 2 is 2.00 bits per heavy atom. The first-order valence-corrected chi connectivity index (χ1v) is 5.69. The number of nitrogens with two attached hydrogens (primary N) is 1. The van der Waals surface area contributed by atoms with E-state index in [9.17, 15) is 4.79 Å². The van der Waals surface area contributed by atoms with Crippen molar-refractivity contribution in [2.45, 2.75) is 19.4 Å². The van der Waals surface area contributed by atoms with Crippen molar-refractivity contribution in [3.8, 4) is 5.75 Å². The third-order valence-electron chi connectivity index (χ3n) is 2.93. The van der Waals surface area contributed by atoms with Gasteiger partial charge in [-0.25, -0.2) is 0 Å². The zero-order valence-corrected chi connectivity index (χ0v) is 10.6. The monoisotopic (exact) mass is 236 g/mol. The molecule has 0 spiro atoms. The first kappa shape index (κ1) is 13.5. The molecule has 1 amide bonds. The van der Waals surface area contributed by atoms with Crippen LogP contribution in [0.15, 0.2) is 24.3 Å². The Morgan fingerprint density at radius 1 is 1.41 bits per heavy atom. The minimum absolute atomic E-state index is 0.0416. The number of amides is 1. The molecule has 0 bridgehead atoms. The van der Waals surface area contributed by atoms with Gasteiger partial charge in [0, 0.05) is 20.0 Å². The lowest BCUT2D eigenvalue weighted by Crippen LogP contribution is -2.31. The lowest BCUT2D eigenvalue weighted by molar-refractivity contribution is -0.131. The summed E-state index contributed by atoms with van der Waals surface area (Å²) in [5.74, 6) is 0.882. The van der Waals surface area contributed by atoms with Crippen LogP contribution in [0.4, 0.5) is 0 Å². The molecule has 0 fully saturated rings. The number of carbonyl (C=O) groups is 1. The molecule has 1 aromatic rings. The van der Waals surface area contributed by atoms with Crippen LogP contribution in [0.2, 0.25) is 0 Å². The number of methoxy groups -OCH3 is 1. The number of ether oxygens (including phenoxy) is 1. The van der Waals surface area contributed by atoms with E-state index in [-0.39, 0.29) is 11.9 Å². The van der Waals surface area contributed by atoms with Gasteiger partial charge in [0.15, 0.2) is 0 Å². The van der Waals surface area contributed by atoms with Crippen molar-refractivity contribution in [1.29, 1.82) is 0 Å². The number of hydrogen-bond acceptors (Lipinski definition) is 3. The zero-order valence-electron chi connectivity index (χ0n) is 10.6. The second-order valence-electron chi connectivity index (χ2n) is 3.99. The Bertz CT molecular complexity index is 362. The number of nitrogens with zero attached hydrogens (tertiary/aromatic N) is 1. The summed E-state index contributed by atoms with van der Waals surface area (Å²) in [6, 6.07) is 7.77. The van der Waals surface area contributed by atoms with Gasteiger partial charge in [-0.2, -0.15) is 0 Å². The number of hydrogen-bond donors (Lipinski definition) is 1. The maximum Gasteiger partial charge on any atom is 0.224 e. The fourth-order valence-electron chi connectivity index (χ4n) is 1.62. The van der Waals surface area contributed by atoms with Gasteiger partial charge in [-0.3, -0.25) is 4.79 Å². The Morgan fingerprint density at radius 3 is 2.47 bits per heavy atom. The number of rotatable bonds is 5. The van der Waals surface area contributed by atoms with Crippen LogP contribution in [0.1, 0.15) is 24.9 Å². The lowest BCUT2D eigenvalue weighted by atomic mass is 10.1. The summed E-state index contributed by atoms with van der Waals surface area (Å²) in [6.45, 7) is 2.38. The van der Waals surface area contributed by atoms with Crippen molar-refractivity contribution < 1.29 is 9.53 Å². The highest BCUT2D eigenvalue weighted by Gasteiger charge is 2.16. The van der Waals surface area contributed by atoms with E-state index >= 15 is 0 Å². The van der Waals surface area contributed by atoms with Crippen LogP contribution >= 0.6 is 0 Å². The van der Waals surface area contributed by atoms with Gasteiger partial charge in [-0.1, -0.05) is 12.1 Å². The summed E-state index contributed by atoms with van der Waals surface area (Å²) in [5.41, 5.74) is 6.46. The van der Waals surface area contributed by atoms with Crippen LogP contribution < -0.4 is 10.5 Å². The maximum atomic E-state index is 11.7. The van der Waals surface area contributed by atoms with Gasteiger partial charge in [0.1, 0.15) is 5.75 Å². The normalized spacial score (nSPS) is 12.0. The van der Waals surface area contributed by atoms with E-state index in [1.165, 1.54) is 0 Å². The molecule has 4 nitrogen and oxygen atoms in total. The topological polar surface area (TPSA) is 55.6 Å². The molecule has 4 heteroatoms. The summed E-state index contributed by atoms with van der Waals surface area (Å²) < 4.78 is 5.10. The highest BCUT2D eigenvalue weighted by atomic mass is 16.5. The molecule has 0 heterocycles. The molecule has 0 radical (unpaired) electrons. The summed E-state index contributed by atoms with van der Waals surface area (Å²) in [5, 5.41) is 0. The van der Waals surface area contributed by atoms with Crippen LogP contribution in [0.25, 0.3) is 0 Å². The predicted molar refractivity (Wildman–Crippen MR) is 67.9 cm³/mol. The molecule has 1 rings (SSSR count). The van der Waals surface area contributed by atoms with Gasteiger partial charge in [-0.05, 0) is 24.6 Å². The van der Waals surface area contributed by atoms with Crippen LogP contribution in [-0.4, -0.2) is 31.5 Å². The molecule has 0 aromatic heterocycles. The summed E-state index contributed by atoms with van der Waals surface area (Å²) in [4.78, 5) is 13.4. The zero-order chi connectivity index (χ0) is 12.8. The molecule has 2 N–H and O–H groups in total. The fraction of sp³-hybridized carbons (Fsp3) is 0.462. The lowest BCUT2D eigenvalue weighted by Gasteiger charge is -2.25. The van der Waals surface area contributed by atoms with Crippen LogP contribution in [0, 0.1) is 0 Å². The molecule has 0 saturated heterocycles. The Balaban J connectivity index is 2.73. The molecule has 94 valence electrons. The summed E-state index contributed by atoms with van der Waals surface area (Å²) in [6.07, 6.45) is 0.386. The van der Waals surface area contributed by atoms with E-state index in [0.717, 1.165) is 11.3 Å². The van der Waals surface area contributed by atoms with Gasteiger partial charge in [0.05, 0.1) is 13.2 Å². The predicted octanol–water partition coefficient (Wildman–Crippen LogP) is 1.56. The first-order chi connectivity index (χ1) is 8.10. The van der Waals surface area contributed by atoms with Gasteiger partial charge in [0.2, 0.25) is 5.91 Å². The van der Waals surface area contributed by atoms with Crippen molar-refractivity contribution in [3.63, 3.8) is 0 Å². The molecule has 1 aromatic carbocycles. The molecular weight excluding hydrogens is 216 g/mol. The van der Waals surface area contributed by atoms with E-state index in [1.807, 2.05) is 31.2 Å². The summed E-state index contributed by atoms with van der Waals surface area (Å²) >= 11 is 0. The standard InChI is InChI=1S/C13H20N2O2/c1-10(15(2)13(16)8-9-14)11-4-6-12(17-3)7-5-11/h4-7,10H,8-9,14H2,1-3H3. The average Bonchev–Trinajstić information content (AvgIpc) is 2.37. The third kappa shape index (κ3) is 3.46. The minimum Gasteiger partial charge on any atom is -0.497 e. The maximum absolute atomic E-state index is 11.7. The Kier molecular flexibility index (Phi) is 4.97. The molecule has 1 unspecified atom stereocenters. The second-order valence-corrected chi connectivity index (χ2v) is 3.99. The molecule has 0 aliphatic rings. The molecular formula is C13H20N2O2. The Hall–Kier alpha value is -1.55. The number of carbonyl (C=O) groups excluding carboxylic acids is 1. The van der Waals surface area contributed by atoms with Crippen molar-refractivity contribution in [2.75, 3.05) is 20.7 Å². The minimum atomic E-state index is 0.0416. The average molecular weight is 236 g/mol. The van der Waals surface area contributed by atoms with E-state index in [4.69, 9.17) is 10.5 Å². The molecule has 0 saturated carbocycles. The van der Waals surface area contributed by atoms with Crippen molar-refractivity contribution >= 4 is 5.91 Å². The molecule has 0 aliphatic heterocycles. The highest BCUT2D eigenvalue weighted by Crippen LogP contribution is 2.21. The smallest absolute Gasteiger partial charge is 0.224 e. The van der Waals surface area contributed by atoms with Gasteiger partial charge in [0.25, 0.3) is 0 Å². The van der Waals surface area contributed by atoms with Crippen LogP contribution in [0.5, 0.6) is 5.75 Å². The van der Waals surface area contributed by atoms with Crippen molar-refractivity contribution in [2.24, 2.45) is 5.73 Å². The third-order valence-corrected chi connectivity index (χ3v) is 2.93. The summed E-state index contributed by atoms with van der Waals surface area (Å²) in [7, 11) is 3.43. The van der Waals surface area contributed by atoms with Crippen molar-refractivity contribution in [1.82, 2.24) is 4.90 Å². The highest BCUT2D eigenvalue weighted by molar-refractivity contribution is 5.76. The van der Waals surface area contributed by atoms with E-state index in [1.54, 1.807) is 19.1 Å². The van der Waals surface area contributed by atoms with Gasteiger partial charge >= 0.3 is 0 Å². The largest absolute Gasteiger partial charge is 0.497 e. The van der Waals surface area contributed by atoms with Crippen molar-refractivity contribution in [3.05, 3.63) is 29.8 Å². The second kappa shape index (κ2) is 6.25. The molecule has 0 aliphatic carbocycles.